The molecule has 0 aliphatic rings. The summed E-state index contributed by atoms with van der Waals surface area (Å²) in [6.07, 6.45) is 8.05. The molecule has 0 fully saturated rings. The van der Waals surface area contributed by atoms with Gasteiger partial charge in [0.1, 0.15) is 5.52 Å². The first-order valence-electron chi connectivity index (χ1n) is 12.7. The Morgan fingerprint density at radius 3 is 2.30 bits per heavy atom. The number of rotatable bonds is 13. The molecular formula is C28H41N3OSi. The molecule has 0 saturated carbocycles. The fourth-order valence-electron chi connectivity index (χ4n) is 5.06. The number of allylic oxidation sites excluding steroid dienone is 1. The van der Waals surface area contributed by atoms with Gasteiger partial charge in [-0.1, -0.05) is 112 Å². The van der Waals surface area contributed by atoms with Crippen LogP contribution in [-0.4, -0.2) is 29.7 Å². The lowest BCUT2D eigenvalue weighted by Crippen LogP contribution is -2.36. The summed E-state index contributed by atoms with van der Waals surface area (Å²) < 4.78 is 8.19. The van der Waals surface area contributed by atoms with Crippen molar-refractivity contribution in [2.75, 3.05) is 6.61 Å². The van der Waals surface area contributed by atoms with E-state index in [1.165, 1.54) is 55.7 Å². The first-order valence-corrected chi connectivity index (χ1v) is 16.0. The molecule has 0 saturated heterocycles. The van der Waals surface area contributed by atoms with E-state index in [0.29, 0.717) is 12.1 Å². The Labute approximate surface area is 201 Å². The predicted octanol–water partition coefficient (Wildman–Crippen LogP) is 8.05. The second kappa shape index (κ2) is 12.2. The van der Waals surface area contributed by atoms with Crippen molar-refractivity contribution in [3.63, 3.8) is 0 Å². The van der Waals surface area contributed by atoms with Gasteiger partial charge in [-0.25, -0.2) is 0 Å². The van der Waals surface area contributed by atoms with E-state index in [1.807, 2.05) is 29.8 Å². The molecule has 1 heterocycles. The smallest absolute Gasteiger partial charge is 0.215 e. The highest BCUT2D eigenvalue weighted by Gasteiger charge is 2.36. The van der Waals surface area contributed by atoms with E-state index < -0.39 is 8.07 Å². The minimum atomic E-state index is -1.68. The molecule has 4 nitrogen and oxygen atoms in total. The molecule has 0 N–H and O–H groups in total. The second-order valence-electron chi connectivity index (χ2n) is 9.76. The van der Waals surface area contributed by atoms with Crippen LogP contribution in [0, 0.1) is 0 Å². The van der Waals surface area contributed by atoms with Crippen molar-refractivity contribution in [2.24, 2.45) is 0 Å². The lowest BCUT2D eigenvalue weighted by Gasteiger charge is -2.35. The normalized spacial score (nSPS) is 13.7. The number of unbranched alkanes of at least 4 members (excludes halogenated alkanes) is 5. The zero-order valence-electron chi connectivity index (χ0n) is 21.2. The van der Waals surface area contributed by atoms with Gasteiger partial charge >= 0.3 is 0 Å². The van der Waals surface area contributed by atoms with Crippen molar-refractivity contribution in [1.82, 2.24) is 15.0 Å². The quantitative estimate of drug-likeness (QED) is 0.146. The van der Waals surface area contributed by atoms with Crippen molar-refractivity contribution in [3.8, 4) is 0 Å². The molecular weight excluding hydrogens is 422 g/mol. The average Bonchev–Trinajstić information content (AvgIpc) is 3.24. The number of aromatic nitrogens is 3. The number of nitrogens with zero attached hydrogens (tertiary/aromatic N) is 3. The molecule has 0 aliphatic heterocycles. The van der Waals surface area contributed by atoms with Gasteiger partial charge in [-0.2, -0.15) is 4.68 Å². The third-order valence-electron chi connectivity index (χ3n) is 6.68. The van der Waals surface area contributed by atoms with Gasteiger partial charge in [-0.15, -0.1) is 5.10 Å². The van der Waals surface area contributed by atoms with Crippen molar-refractivity contribution in [3.05, 3.63) is 65.7 Å². The van der Waals surface area contributed by atoms with Crippen molar-refractivity contribution in [2.45, 2.75) is 84.0 Å². The number of benzene rings is 2. The molecule has 2 aromatic carbocycles. The number of fused-ring (bicyclic) bond motifs is 1. The standard InChI is InChI=1S/C28H41N3OSi/c1-6-8-9-10-11-17-22-33(4,5)27(24-18-13-12-14-19-24)23(3)28(32-7-2)31-26-21-16-15-20-25(26)29-30-31/h12-16,18-21,27H,6-11,17,22H2,1-5H3. The summed E-state index contributed by atoms with van der Waals surface area (Å²) in [7, 11) is -1.68. The fraction of sp³-hybridized carbons (Fsp3) is 0.500. The molecule has 1 unspecified atom stereocenters. The molecule has 3 aromatic rings. The largest absolute Gasteiger partial charge is 0.478 e. The predicted molar refractivity (Wildman–Crippen MR) is 143 cm³/mol. The molecule has 0 bridgehead atoms. The van der Waals surface area contributed by atoms with Crippen LogP contribution in [0.5, 0.6) is 0 Å². The number of ether oxygens (including phenoxy) is 1. The zero-order valence-corrected chi connectivity index (χ0v) is 22.2. The third kappa shape index (κ3) is 6.35. The molecule has 33 heavy (non-hydrogen) atoms. The molecule has 178 valence electrons. The van der Waals surface area contributed by atoms with E-state index in [4.69, 9.17) is 4.74 Å². The zero-order chi connectivity index (χ0) is 23.7. The summed E-state index contributed by atoms with van der Waals surface area (Å²) in [5.41, 5.74) is 4.89. The molecule has 0 spiro atoms. The van der Waals surface area contributed by atoms with Crippen LogP contribution in [-0.2, 0) is 4.74 Å². The highest BCUT2D eigenvalue weighted by atomic mass is 28.3. The van der Waals surface area contributed by atoms with E-state index in [0.717, 1.165) is 16.9 Å². The van der Waals surface area contributed by atoms with E-state index in [1.54, 1.807) is 0 Å². The minimum Gasteiger partial charge on any atom is -0.478 e. The van der Waals surface area contributed by atoms with Crippen molar-refractivity contribution in [1.29, 1.82) is 0 Å². The molecule has 0 radical (unpaired) electrons. The topological polar surface area (TPSA) is 39.9 Å². The third-order valence-corrected chi connectivity index (χ3v) is 10.7. The van der Waals surface area contributed by atoms with Crippen LogP contribution in [0.15, 0.2) is 60.2 Å². The van der Waals surface area contributed by atoms with Crippen LogP contribution < -0.4 is 0 Å². The maximum Gasteiger partial charge on any atom is 0.215 e. The van der Waals surface area contributed by atoms with E-state index >= 15 is 0 Å². The molecule has 1 atom stereocenters. The molecule has 0 amide bonds. The number of para-hydroxylation sites is 1. The summed E-state index contributed by atoms with van der Waals surface area (Å²) in [4.78, 5) is 0. The maximum atomic E-state index is 6.29. The van der Waals surface area contributed by atoms with Gasteiger partial charge in [0, 0.05) is 5.54 Å². The number of hydrogen-bond donors (Lipinski definition) is 0. The van der Waals surface area contributed by atoms with Crippen LogP contribution in [0.4, 0.5) is 0 Å². The van der Waals surface area contributed by atoms with E-state index in [2.05, 4.69) is 73.7 Å². The molecule has 3 rings (SSSR count). The first-order chi connectivity index (χ1) is 16.0. The lowest BCUT2D eigenvalue weighted by molar-refractivity contribution is 0.269. The summed E-state index contributed by atoms with van der Waals surface area (Å²) in [5.74, 6) is 0.837. The Morgan fingerprint density at radius 1 is 0.909 bits per heavy atom. The minimum absolute atomic E-state index is 0.360. The summed E-state index contributed by atoms with van der Waals surface area (Å²) in [6, 6.07) is 20.4. The van der Waals surface area contributed by atoms with E-state index in [-0.39, 0.29) is 0 Å². The summed E-state index contributed by atoms with van der Waals surface area (Å²) in [6.45, 7) is 12.3. The Morgan fingerprint density at radius 2 is 1.58 bits per heavy atom. The second-order valence-corrected chi connectivity index (χ2v) is 14.8. The van der Waals surface area contributed by atoms with Gasteiger partial charge in [0.05, 0.1) is 20.2 Å². The Kier molecular flexibility index (Phi) is 9.30. The SMILES string of the molecule is CCCCCCCC[Si](C)(C)C(C(C)=C(OCC)n1nnc2ccccc21)c1ccccc1. The van der Waals surface area contributed by atoms with Crippen LogP contribution in [0.1, 0.15) is 70.4 Å². The highest BCUT2D eigenvalue weighted by Crippen LogP contribution is 2.40. The maximum absolute atomic E-state index is 6.29. The van der Waals surface area contributed by atoms with Crippen LogP contribution in [0.25, 0.3) is 16.9 Å². The molecule has 5 heteroatoms. The van der Waals surface area contributed by atoms with Crippen molar-refractivity contribution >= 4 is 25.0 Å². The highest BCUT2D eigenvalue weighted by molar-refractivity contribution is 6.79. The molecule has 0 aliphatic carbocycles. The van der Waals surface area contributed by atoms with Crippen molar-refractivity contribution < 1.29 is 4.74 Å². The van der Waals surface area contributed by atoms with Gasteiger partial charge < -0.3 is 4.74 Å². The van der Waals surface area contributed by atoms with Gasteiger partial charge in [0.2, 0.25) is 5.88 Å². The molecule has 1 aromatic heterocycles. The van der Waals surface area contributed by atoms with Gasteiger partial charge in [-0.05, 0) is 37.1 Å². The fourth-order valence-corrected chi connectivity index (χ4v) is 8.90. The number of hydrogen-bond acceptors (Lipinski definition) is 3. The summed E-state index contributed by atoms with van der Waals surface area (Å²) in [5, 5.41) is 8.89. The Hall–Kier alpha value is -2.40. The van der Waals surface area contributed by atoms with Crippen LogP contribution in [0.3, 0.4) is 0 Å². The van der Waals surface area contributed by atoms with Crippen LogP contribution >= 0.6 is 0 Å². The van der Waals surface area contributed by atoms with Gasteiger partial charge in [0.25, 0.3) is 0 Å². The first kappa shape index (κ1) is 25.2. The average molecular weight is 464 g/mol. The van der Waals surface area contributed by atoms with Gasteiger partial charge in [0.15, 0.2) is 0 Å². The van der Waals surface area contributed by atoms with E-state index in [9.17, 15) is 0 Å². The Balaban J connectivity index is 1.98. The monoisotopic (exact) mass is 463 g/mol. The van der Waals surface area contributed by atoms with Gasteiger partial charge in [-0.3, -0.25) is 0 Å². The summed E-state index contributed by atoms with van der Waals surface area (Å²) >= 11 is 0. The lowest BCUT2D eigenvalue weighted by atomic mass is 10.1. The van der Waals surface area contributed by atoms with Crippen LogP contribution in [0.2, 0.25) is 19.1 Å². The Bertz CT molecular complexity index is 1030.